The monoisotopic (exact) mass is 464 g/mol. The molecule has 2 aromatic rings. The summed E-state index contributed by atoms with van der Waals surface area (Å²) in [6.45, 7) is 1.76. The maximum absolute atomic E-state index is 13.2. The molecule has 0 amide bonds. The zero-order valence-corrected chi connectivity index (χ0v) is 19.1. The molecular weight excluding hydrogens is 436 g/mol. The SMILES string of the molecule is CC1CCCC(=O)CCCC=Cc2cc3c(c(O)c2C(=O)O1)C(c1cccc(O)c1)CC(=O)O3. The second-order valence-corrected chi connectivity index (χ2v) is 8.87. The van der Waals surface area contributed by atoms with Gasteiger partial charge in [-0.15, -0.1) is 0 Å². The summed E-state index contributed by atoms with van der Waals surface area (Å²) in [6.07, 6.45) is 6.46. The number of Topliss-reactive ketones (excluding diaryl/α,β-unsaturated/α-hetero) is 1. The minimum Gasteiger partial charge on any atom is -0.508 e. The number of benzene rings is 2. The first-order chi connectivity index (χ1) is 16.3. The van der Waals surface area contributed by atoms with E-state index in [0.717, 1.165) is 0 Å². The molecule has 4 rings (SSSR count). The smallest absolute Gasteiger partial charge is 0.342 e. The second kappa shape index (κ2) is 10.1. The third kappa shape index (κ3) is 5.14. The van der Waals surface area contributed by atoms with E-state index >= 15 is 0 Å². The minimum absolute atomic E-state index is 0.0121. The van der Waals surface area contributed by atoms with Crippen LogP contribution in [-0.4, -0.2) is 34.0 Å². The molecule has 0 spiro atoms. The fourth-order valence-corrected chi connectivity index (χ4v) is 4.55. The van der Waals surface area contributed by atoms with Gasteiger partial charge in [-0.05, 0) is 61.9 Å². The predicted octanol–water partition coefficient (Wildman–Crippen LogP) is 5.02. The predicted molar refractivity (Wildman–Crippen MR) is 125 cm³/mol. The first kappa shape index (κ1) is 23.5. The molecule has 2 aliphatic rings. The number of cyclic esters (lactones) is 1. The number of hydrogen-bond donors (Lipinski definition) is 2. The van der Waals surface area contributed by atoms with Crippen LogP contribution in [-0.2, 0) is 14.3 Å². The fourth-order valence-electron chi connectivity index (χ4n) is 4.55. The molecule has 2 N–H and O–H groups in total. The molecule has 7 nitrogen and oxygen atoms in total. The first-order valence-corrected chi connectivity index (χ1v) is 11.6. The largest absolute Gasteiger partial charge is 0.508 e. The van der Waals surface area contributed by atoms with Gasteiger partial charge in [0.05, 0.1) is 12.5 Å². The number of allylic oxidation sites excluding steroid dienone is 1. The van der Waals surface area contributed by atoms with E-state index in [2.05, 4.69) is 0 Å². The van der Waals surface area contributed by atoms with Gasteiger partial charge >= 0.3 is 11.9 Å². The average Bonchev–Trinajstić information content (AvgIpc) is 2.77. The van der Waals surface area contributed by atoms with E-state index in [-0.39, 0.29) is 35.0 Å². The summed E-state index contributed by atoms with van der Waals surface area (Å²) >= 11 is 0. The lowest BCUT2D eigenvalue weighted by Crippen LogP contribution is -2.23. The molecule has 0 saturated carbocycles. The van der Waals surface area contributed by atoms with E-state index in [1.165, 1.54) is 12.1 Å². The van der Waals surface area contributed by atoms with Crippen LogP contribution in [0.25, 0.3) is 6.08 Å². The first-order valence-electron chi connectivity index (χ1n) is 11.6. The van der Waals surface area contributed by atoms with Crippen LogP contribution >= 0.6 is 0 Å². The summed E-state index contributed by atoms with van der Waals surface area (Å²) in [5, 5.41) is 21.3. The van der Waals surface area contributed by atoms with Crippen LogP contribution in [0.1, 0.15) is 84.8 Å². The summed E-state index contributed by atoms with van der Waals surface area (Å²) in [7, 11) is 0. The highest BCUT2D eigenvalue weighted by molar-refractivity contribution is 5.98. The maximum atomic E-state index is 13.2. The van der Waals surface area contributed by atoms with Gasteiger partial charge in [0, 0.05) is 24.3 Å². The van der Waals surface area contributed by atoms with Gasteiger partial charge < -0.3 is 19.7 Å². The van der Waals surface area contributed by atoms with Gasteiger partial charge in [0.1, 0.15) is 28.6 Å². The second-order valence-electron chi connectivity index (χ2n) is 8.87. The standard InChI is InChI=1S/C27H28O7/c1-16-7-5-11-19(28)10-4-2-3-8-18-14-22-25(26(31)24(18)27(32)33-16)21(15-23(30)34-22)17-9-6-12-20(29)13-17/h3,6,8-9,12-14,16,21,29,31H,2,4-5,7,10-11,15H2,1H3. The van der Waals surface area contributed by atoms with Crippen molar-refractivity contribution in [3.05, 3.63) is 58.7 Å². The number of phenolic OH excluding ortho intramolecular Hbond substituents is 2. The molecular formula is C27H28O7. The molecule has 2 aromatic carbocycles. The number of hydrogen-bond acceptors (Lipinski definition) is 7. The summed E-state index contributed by atoms with van der Waals surface area (Å²) in [4.78, 5) is 37.6. The van der Waals surface area contributed by atoms with E-state index in [9.17, 15) is 24.6 Å². The highest BCUT2D eigenvalue weighted by Crippen LogP contribution is 2.47. The van der Waals surface area contributed by atoms with Crippen LogP contribution in [0.3, 0.4) is 0 Å². The van der Waals surface area contributed by atoms with Crippen LogP contribution in [0.5, 0.6) is 17.2 Å². The van der Waals surface area contributed by atoms with E-state index < -0.39 is 24.0 Å². The highest BCUT2D eigenvalue weighted by Gasteiger charge is 2.35. The topological polar surface area (TPSA) is 110 Å². The number of fused-ring (bicyclic) bond motifs is 2. The lowest BCUT2D eigenvalue weighted by molar-refractivity contribution is -0.135. The van der Waals surface area contributed by atoms with Crippen LogP contribution in [0.4, 0.5) is 0 Å². The van der Waals surface area contributed by atoms with E-state index in [1.54, 1.807) is 31.2 Å². The van der Waals surface area contributed by atoms with Gasteiger partial charge in [0.2, 0.25) is 0 Å². The molecule has 7 heteroatoms. The van der Waals surface area contributed by atoms with Crippen molar-refractivity contribution in [2.75, 3.05) is 0 Å². The fraction of sp³-hybridized carbons (Fsp3) is 0.370. The molecule has 2 unspecified atom stereocenters. The number of esters is 2. The zero-order chi connectivity index (χ0) is 24.2. The highest BCUT2D eigenvalue weighted by atomic mass is 16.5. The van der Waals surface area contributed by atoms with Gasteiger partial charge in [0.25, 0.3) is 0 Å². The number of rotatable bonds is 1. The van der Waals surface area contributed by atoms with E-state index in [1.807, 2.05) is 6.08 Å². The van der Waals surface area contributed by atoms with E-state index in [0.29, 0.717) is 55.2 Å². The number of ether oxygens (including phenoxy) is 2. The minimum atomic E-state index is -0.678. The normalized spacial score (nSPS) is 21.6. The molecule has 2 atom stereocenters. The van der Waals surface area contributed by atoms with Crippen molar-refractivity contribution in [2.24, 2.45) is 0 Å². The van der Waals surface area contributed by atoms with Gasteiger partial charge in [-0.1, -0.05) is 24.3 Å². The average molecular weight is 465 g/mol. The number of carbonyl (C=O) groups excluding carboxylic acids is 3. The Morgan fingerprint density at radius 1 is 1.03 bits per heavy atom. The molecule has 34 heavy (non-hydrogen) atoms. The number of ketones is 1. The van der Waals surface area contributed by atoms with Gasteiger partial charge in [-0.2, -0.15) is 0 Å². The van der Waals surface area contributed by atoms with Crippen LogP contribution in [0.15, 0.2) is 36.4 Å². The Kier molecular flexibility index (Phi) is 7.01. The Balaban J connectivity index is 1.82. The maximum Gasteiger partial charge on any atom is 0.342 e. The van der Waals surface area contributed by atoms with Crippen molar-refractivity contribution in [2.45, 2.75) is 63.9 Å². The molecule has 0 aromatic heterocycles. The molecule has 0 bridgehead atoms. The summed E-state index contributed by atoms with van der Waals surface area (Å²) < 4.78 is 11.1. The zero-order valence-electron chi connectivity index (χ0n) is 19.1. The Morgan fingerprint density at radius 3 is 2.62 bits per heavy atom. The van der Waals surface area contributed by atoms with Crippen LogP contribution in [0, 0.1) is 0 Å². The molecule has 0 radical (unpaired) electrons. The molecule has 0 saturated heterocycles. The van der Waals surface area contributed by atoms with Crippen molar-refractivity contribution in [3.63, 3.8) is 0 Å². The van der Waals surface area contributed by atoms with Crippen LogP contribution < -0.4 is 4.74 Å². The van der Waals surface area contributed by atoms with Gasteiger partial charge in [-0.25, -0.2) is 4.79 Å². The molecule has 0 aliphatic carbocycles. The summed E-state index contributed by atoms with van der Waals surface area (Å²) in [5.74, 6) is -1.64. The molecule has 2 heterocycles. The lowest BCUT2D eigenvalue weighted by Gasteiger charge is -2.27. The number of carbonyl (C=O) groups is 3. The molecule has 0 fully saturated rings. The molecule has 178 valence electrons. The van der Waals surface area contributed by atoms with Gasteiger partial charge in [-0.3, -0.25) is 9.59 Å². The Bertz CT molecular complexity index is 1150. The molecule has 2 aliphatic heterocycles. The van der Waals surface area contributed by atoms with E-state index in [4.69, 9.17) is 9.47 Å². The lowest BCUT2D eigenvalue weighted by atomic mass is 9.83. The van der Waals surface area contributed by atoms with Crippen molar-refractivity contribution in [1.82, 2.24) is 0 Å². The Labute approximate surface area is 198 Å². The Hall–Kier alpha value is -3.61. The Morgan fingerprint density at radius 2 is 1.82 bits per heavy atom. The third-order valence-corrected chi connectivity index (χ3v) is 6.25. The third-order valence-electron chi connectivity index (χ3n) is 6.25. The van der Waals surface area contributed by atoms with Crippen molar-refractivity contribution < 1.29 is 34.1 Å². The van der Waals surface area contributed by atoms with Gasteiger partial charge in [0.15, 0.2) is 0 Å². The summed E-state index contributed by atoms with van der Waals surface area (Å²) in [6, 6.07) is 8.02. The number of aromatic hydroxyl groups is 2. The van der Waals surface area contributed by atoms with Crippen molar-refractivity contribution >= 4 is 23.8 Å². The number of phenols is 2. The quantitative estimate of drug-likeness (QED) is 0.450. The van der Waals surface area contributed by atoms with Crippen molar-refractivity contribution in [3.8, 4) is 17.2 Å². The van der Waals surface area contributed by atoms with Crippen LogP contribution in [0.2, 0.25) is 0 Å². The summed E-state index contributed by atoms with van der Waals surface area (Å²) in [5.41, 5.74) is 1.32. The van der Waals surface area contributed by atoms with Crippen molar-refractivity contribution in [1.29, 1.82) is 0 Å².